The van der Waals surface area contributed by atoms with Crippen molar-refractivity contribution < 1.29 is 28.6 Å². The summed E-state index contributed by atoms with van der Waals surface area (Å²) in [6, 6.07) is 7.97. The molecule has 1 atom stereocenters. The lowest BCUT2D eigenvalue weighted by atomic mass is 10.0. The van der Waals surface area contributed by atoms with E-state index >= 15 is 0 Å². The Bertz CT molecular complexity index is 1020. The smallest absolute Gasteiger partial charge is 0.339 e. The number of ketones is 1. The van der Waals surface area contributed by atoms with Crippen molar-refractivity contribution in [2.75, 3.05) is 25.7 Å². The van der Waals surface area contributed by atoms with Crippen LogP contribution >= 0.6 is 11.6 Å². The van der Waals surface area contributed by atoms with Crippen LogP contribution in [0.4, 0.5) is 5.69 Å². The maximum atomic E-state index is 12.8. The van der Waals surface area contributed by atoms with Crippen LogP contribution in [-0.2, 0) is 16.0 Å². The molecule has 2 aromatic rings. The van der Waals surface area contributed by atoms with E-state index < -0.39 is 12.1 Å². The molecule has 1 heterocycles. The summed E-state index contributed by atoms with van der Waals surface area (Å²) >= 11 is 6.13. The van der Waals surface area contributed by atoms with Crippen molar-refractivity contribution in [1.82, 2.24) is 0 Å². The average Bonchev–Trinajstić information content (AvgIpc) is 3.15. The van der Waals surface area contributed by atoms with Gasteiger partial charge in [-0.15, -0.1) is 0 Å². The molecule has 0 aromatic heterocycles. The maximum absolute atomic E-state index is 12.8. The highest BCUT2D eigenvalue weighted by Crippen LogP contribution is 2.36. The first-order valence-electron chi connectivity index (χ1n) is 9.34. The number of hydrogen-bond donors (Lipinski definition) is 0. The molecule has 3 rings (SSSR count). The molecule has 1 aliphatic rings. The summed E-state index contributed by atoms with van der Waals surface area (Å²) in [5.41, 5.74) is 2.29. The summed E-state index contributed by atoms with van der Waals surface area (Å²) in [5.74, 6) is -0.493. The number of Topliss-reactive ketones (excluding diaryl/α,β-unsaturated/α-hetero) is 1. The predicted octanol–water partition coefficient (Wildman–Crippen LogP) is 3.69. The molecule has 0 radical (unpaired) electrons. The van der Waals surface area contributed by atoms with Gasteiger partial charge in [-0.05, 0) is 49.2 Å². The molecule has 1 aliphatic heterocycles. The normalized spacial score (nSPS) is 13.4. The number of esters is 1. The Morgan fingerprint density at radius 2 is 1.80 bits per heavy atom. The summed E-state index contributed by atoms with van der Waals surface area (Å²) in [7, 11) is 2.87. The fraction of sp³-hybridized carbons (Fsp3) is 0.318. The summed E-state index contributed by atoms with van der Waals surface area (Å²) in [4.78, 5) is 38.7. The van der Waals surface area contributed by atoms with E-state index in [4.69, 9.17) is 25.8 Å². The minimum atomic E-state index is -1.01. The number of carbonyl (C=O) groups excluding carboxylic acids is 3. The molecule has 0 saturated carbocycles. The van der Waals surface area contributed by atoms with E-state index in [1.807, 2.05) is 0 Å². The lowest BCUT2D eigenvalue weighted by molar-refractivity contribution is -0.116. The van der Waals surface area contributed by atoms with Crippen molar-refractivity contribution in [3.05, 3.63) is 52.0 Å². The number of carbonyl (C=O) groups is 3. The Balaban J connectivity index is 1.76. The Morgan fingerprint density at radius 3 is 2.43 bits per heavy atom. The zero-order chi connectivity index (χ0) is 22.0. The number of ether oxygens (including phenoxy) is 3. The molecule has 8 heteroatoms. The van der Waals surface area contributed by atoms with Crippen LogP contribution in [0.15, 0.2) is 30.3 Å². The van der Waals surface area contributed by atoms with Gasteiger partial charge in [0.1, 0.15) is 0 Å². The van der Waals surface area contributed by atoms with E-state index in [-0.39, 0.29) is 28.0 Å². The third-order valence-corrected chi connectivity index (χ3v) is 5.24. The highest BCUT2D eigenvalue weighted by molar-refractivity contribution is 6.32. The van der Waals surface area contributed by atoms with E-state index in [0.29, 0.717) is 24.3 Å². The van der Waals surface area contributed by atoms with Gasteiger partial charge in [0.2, 0.25) is 11.7 Å². The second-order valence-electron chi connectivity index (χ2n) is 6.87. The number of hydrogen-bond acceptors (Lipinski definition) is 6. The van der Waals surface area contributed by atoms with Crippen molar-refractivity contribution in [1.29, 1.82) is 0 Å². The van der Waals surface area contributed by atoms with E-state index in [1.165, 1.54) is 40.2 Å². The fourth-order valence-electron chi connectivity index (χ4n) is 3.43. The minimum absolute atomic E-state index is 0.0382. The lowest BCUT2D eigenvalue weighted by Gasteiger charge is -2.16. The van der Waals surface area contributed by atoms with Gasteiger partial charge in [-0.3, -0.25) is 9.59 Å². The quantitative estimate of drug-likeness (QED) is 0.512. The van der Waals surface area contributed by atoms with Crippen LogP contribution < -0.4 is 14.4 Å². The molecule has 2 aromatic carbocycles. The number of halogens is 1. The van der Waals surface area contributed by atoms with Crippen LogP contribution in [0.3, 0.4) is 0 Å². The van der Waals surface area contributed by atoms with Gasteiger partial charge in [0, 0.05) is 24.7 Å². The topological polar surface area (TPSA) is 82.1 Å². The predicted molar refractivity (Wildman–Crippen MR) is 112 cm³/mol. The van der Waals surface area contributed by atoms with Gasteiger partial charge in [-0.1, -0.05) is 11.6 Å². The molecule has 0 fully saturated rings. The highest BCUT2D eigenvalue weighted by atomic mass is 35.5. The molecule has 1 amide bonds. The van der Waals surface area contributed by atoms with Gasteiger partial charge >= 0.3 is 5.97 Å². The van der Waals surface area contributed by atoms with Crippen LogP contribution in [-0.4, -0.2) is 44.5 Å². The molecular weight excluding hydrogens is 410 g/mol. The first-order valence-corrected chi connectivity index (χ1v) is 9.72. The number of methoxy groups -OCH3 is 2. The third kappa shape index (κ3) is 4.11. The standard InChI is InChI=1S/C22H22ClNO6/c1-12(30-22(27)16-10-17(23)21(29-4)19(11-16)28-3)20(26)15-5-6-18-14(9-15)7-8-24(18)13(2)25/h5-6,9-12H,7-8H2,1-4H3. The number of anilines is 1. The zero-order valence-electron chi connectivity index (χ0n) is 17.2. The number of nitrogens with zero attached hydrogens (tertiary/aromatic N) is 1. The Morgan fingerprint density at radius 1 is 1.07 bits per heavy atom. The van der Waals surface area contributed by atoms with Crippen molar-refractivity contribution in [3.8, 4) is 11.5 Å². The highest BCUT2D eigenvalue weighted by Gasteiger charge is 2.26. The van der Waals surface area contributed by atoms with Crippen LogP contribution in [0.5, 0.6) is 11.5 Å². The molecule has 0 aliphatic carbocycles. The number of amides is 1. The van der Waals surface area contributed by atoms with Crippen LogP contribution in [0.1, 0.15) is 40.1 Å². The minimum Gasteiger partial charge on any atom is -0.493 e. The van der Waals surface area contributed by atoms with Gasteiger partial charge < -0.3 is 19.1 Å². The van der Waals surface area contributed by atoms with Crippen LogP contribution in [0.25, 0.3) is 0 Å². The van der Waals surface area contributed by atoms with Gasteiger partial charge in [0.05, 0.1) is 24.8 Å². The average molecular weight is 432 g/mol. The van der Waals surface area contributed by atoms with Crippen LogP contribution in [0, 0.1) is 0 Å². The largest absolute Gasteiger partial charge is 0.493 e. The van der Waals surface area contributed by atoms with Crippen molar-refractivity contribution in [3.63, 3.8) is 0 Å². The summed E-state index contributed by atoms with van der Waals surface area (Å²) < 4.78 is 15.7. The first-order chi connectivity index (χ1) is 14.3. The lowest BCUT2D eigenvalue weighted by Crippen LogP contribution is -2.26. The molecule has 0 spiro atoms. The molecule has 30 heavy (non-hydrogen) atoms. The number of fused-ring (bicyclic) bond motifs is 1. The van der Waals surface area contributed by atoms with Gasteiger partial charge in [-0.2, -0.15) is 0 Å². The molecular formula is C22H22ClNO6. The molecule has 1 unspecified atom stereocenters. The molecule has 158 valence electrons. The number of rotatable bonds is 6. The Labute approximate surface area is 179 Å². The molecule has 0 N–H and O–H groups in total. The van der Waals surface area contributed by atoms with Crippen LogP contribution in [0.2, 0.25) is 5.02 Å². The Hall–Kier alpha value is -3.06. The second-order valence-corrected chi connectivity index (χ2v) is 7.28. The van der Waals surface area contributed by atoms with Gasteiger partial charge in [-0.25, -0.2) is 4.79 Å². The zero-order valence-corrected chi connectivity index (χ0v) is 17.9. The fourth-order valence-corrected chi connectivity index (χ4v) is 3.72. The van der Waals surface area contributed by atoms with Gasteiger partial charge in [0.15, 0.2) is 17.6 Å². The molecule has 0 bridgehead atoms. The Kier molecular flexibility index (Phi) is 6.31. The SMILES string of the molecule is COc1cc(C(=O)OC(C)C(=O)c2ccc3c(c2)CCN3C(C)=O)cc(Cl)c1OC. The molecule has 7 nitrogen and oxygen atoms in total. The van der Waals surface area contributed by atoms with E-state index in [2.05, 4.69) is 0 Å². The van der Waals surface area contributed by atoms with Gasteiger partial charge in [0.25, 0.3) is 0 Å². The van der Waals surface area contributed by atoms with E-state index in [0.717, 1.165) is 11.3 Å². The van der Waals surface area contributed by atoms with Crippen molar-refractivity contribution in [2.24, 2.45) is 0 Å². The van der Waals surface area contributed by atoms with Crippen molar-refractivity contribution >= 4 is 34.9 Å². The monoisotopic (exact) mass is 431 g/mol. The summed E-state index contributed by atoms with van der Waals surface area (Å²) in [6.45, 7) is 3.61. The second kappa shape index (κ2) is 8.75. The van der Waals surface area contributed by atoms with E-state index in [9.17, 15) is 14.4 Å². The van der Waals surface area contributed by atoms with E-state index in [1.54, 1.807) is 23.1 Å². The summed E-state index contributed by atoms with van der Waals surface area (Å²) in [5, 5.41) is 0.191. The maximum Gasteiger partial charge on any atom is 0.339 e. The van der Waals surface area contributed by atoms with Crippen molar-refractivity contribution in [2.45, 2.75) is 26.4 Å². The first kappa shape index (κ1) is 21.6. The molecule has 0 saturated heterocycles. The number of benzene rings is 2. The third-order valence-electron chi connectivity index (χ3n) is 4.96. The summed E-state index contributed by atoms with van der Waals surface area (Å²) in [6.07, 6.45) is -0.332.